The normalized spacial score (nSPS) is 31.5. The number of thiazole rings is 1. The number of carboxylic acid groups (broad SMARTS) is 1. The average Bonchev–Trinajstić information content (AvgIpc) is 3.66. The van der Waals surface area contributed by atoms with Gasteiger partial charge >= 0.3 is 10.8 Å². The number of benzene rings is 1. The van der Waals surface area contributed by atoms with Gasteiger partial charge in [-0.05, 0) is 43.2 Å². The molecule has 7 unspecified atom stereocenters. The van der Waals surface area contributed by atoms with Gasteiger partial charge in [-0.3, -0.25) is 24.1 Å². The molecular weight excluding hydrogens is 512 g/mol. The lowest BCUT2D eigenvalue weighted by Crippen LogP contribution is -2.42. The summed E-state index contributed by atoms with van der Waals surface area (Å²) >= 11 is 2.82. The molecule has 0 spiro atoms. The van der Waals surface area contributed by atoms with Crippen molar-refractivity contribution in [2.75, 3.05) is 6.54 Å². The van der Waals surface area contributed by atoms with Crippen molar-refractivity contribution in [3.05, 3.63) is 62.3 Å². The number of nitrogens with zero attached hydrogens (tertiary/aromatic N) is 1. The molecule has 2 aliphatic heterocycles. The number of thioether (sulfide) groups is 1. The maximum Gasteiger partial charge on any atom is 0.305 e. The predicted molar refractivity (Wildman–Crippen MR) is 136 cm³/mol. The van der Waals surface area contributed by atoms with Gasteiger partial charge in [0.2, 0.25) is 11.8 Å². The maximum atomic E-state index is 13.4. The Morgan fingerprint density at radius 2 is 1.81 bits per heavy atom. The molecule has 1 saturated heterocycles. The molecule has 7 rings (SSSR count). The number of hydrogen-bond donors (Lipinski definition) is 2. The minimum Gasteiger partial charge on any atom is -0.481 e. The fourth-order valence-corrected chi connectivity index (χ4v) is 10.1. The summed E-state index contributed by atoms with van der Waals surface area (Å²) in [6.07, 6.45) is 0.534. The molecule has 4 heterocycles. The molecule has 10 heteroatoms. The van der Waals surface area contributed by atoms with E-state index in [-0.39, 0.29) is 58.6 Å². The Kier molecular flexibility index (Phi) is 5.10. The molecular formula is C27H24N2O6S2. The molecule has 2 N–H and O–H groups in total. The third-order valence-electron chi connectivity index (χ3n) is 8.63. The molecule has 3 aromatic rings. The van der Waals surface area contributed by atoms with Gasteiger partial charge in [-0.25, -0.2) is 0 Å². The number of fused-ring (bicyclic) bond motifs is 9. The zero-order chi connectivity index (χ0) is 25.6. The lowest BCUT2D eigenvalue weighted by molar-refractivity contribution is -0.142. The topological polar surface area (TPSA) is 121 Å². The smallest absolute Gasteiger partial charge is 0.305 e. The van der Waals surface area contributed by atoms with Crippen LogP contribution in [0.1, 0.15) is 35.0 Å². The number of imide groups is 1. The SMILES string of the molecule is Cc1ccc(-c2ccc(C3c4sc(=O)[nH]c4SC4C5CC(C6C(=O)N(CCC(=O)O)C(=O)C56)C34)o2)cc1. The van der Waals surface area contributed by atoms with Crippen molar-refractivity contribution in [1.29, 1.82) is 0 Å². The van der Waals surface area contributed by atoms with Gasteiger partial charge in [-0.15, -0.1) is 11.8 Å². The quantitative estimate of drug-likeness (QED) is 0.474. The van der Waals surface area contributed by atoms with Crippen LogP contribution in [0.25, 0.3) is 11.3 Å². The monoisotopic (exact) mass is 536 g/mol. The summed E-state index contributed by atoms with van der Waals surface area (Å²) < 4.78 is 6.43. The first-order valence-corrected chi connectivity index (χ1v) is 14.1. The maximum absolute atomic E-state index is 13.4. The fraction of sp³-hybridized carbons (Fsp3) is 0.407. The van der Waals surface area contributed by atoms with E-state index in [0.717, 1.165) is 39.0 Å². The van der Waals surface area contributed by atoms with Crippen molar-refractivity contribution < 1.29 is 23.9 Å². The van der Waals surface area contributed by atoms with Crippen molar-refractivity contribution in [3.8, 4) is 11.3 Å². The number of carbonyl (C=O) groups excluding carboxylic acids is 2. The number of H-pyrrole nitrogens is 1. The highest BCUT2D eigenvalue weighted by Gasteiger charge is 2.69. The summed E-state index contributed by atoms with van der Waals surface area (Å²) in [5.41, 5.74) is 2.13. The third kappa shape index (κ3) is 3.34. The second-order valence-corrected chi connectivity index (χ2v) is 12.7. The summed E-state index contributed by atoms with van der Waals surface area (Å²) in [5, 5.41) is 10.0. The van der Waals surface area contributed by atoms with Crippen molar-refractivity contribution in [2.24, 2.45) is 29.6 Å². The molecule has 0 radical (unpaired) electrons. The molecule has 3 fully saturated rings. The first-order chi connectivity index (χ1) is 17.8. The van der Waals surface area contributed by atoms with Gasteiger partial charge in [-0.1, -0.05) is 41.2 Å². The summed E-state index contributed by atoms with van der Waals surface area (Å²) in [6, 6.07) is 12.1. The molecule has 2 saturated carbocycles. The Hall–Kier alpha value is -3.11. The van der Waals surface area contributed by atoms with E-state index in [2.05, 4.69) is 4.98 Å². The van der Waals surface area contributed by atoms with E-state index in [1.807, 2.05) is 43.3 Å². The van der Waals surface area contributed by atoms with Crippen LogP contribution in [0.4, 0.5) is 0 Å². The Labute approximate surface area is 220 Å². The van der Waals surface area contributed by atoms with E-state index in [1.54, 1.807) is 11.8 Å². The van der Waals surface area contributed by atoms with Gasteiger partial charge < -0.3 is 14.5 Å². The molecule has 7 atom stereocenters. The second-order valence-electron chi connectivity index (χ2n) is 10.5. The van der Waals surface area contributed by atoms with Crippen LogP contribution in [0.2, 0.25) is 0 Å². The van der Waals surface area contributed by atoms with Gasteiger partial charge in [0.15, 0.2) is 0 Å². The zero-order valence-corrected chi connectivity index (χ0v) is 21.5. The van der Waals surface area contributed by atoms with E-state index < -0.39 is 17.8 Å². The van der Waals surface area contributed by atoms with Crippen LogP contribution in [0.5, 0.6) is 0 Å². The number of rotatable bonds is 5. The minimum absolute atomic E-state index is 0.00172. The first kappa shape index (κ1) is 23.0. The average molecular weight is 537 g/mol. The molecule has 2 aliphatic carbocycles. The Bertz CT molecular complexity index is 1500. The van der Waals surface area contributed by atoms with Crippen LogP contribution in [-0.4, -0.2) is 44.6 Å². The lowest BCUT2D eigenvalue weighted by atomic mass is 9.69. The summed E-state index contributed by atoms with van der Waals surface area (Å²) in [5.74, 6) is -0.980. The molecule has 37 heavy (non-hydrogen) atoms. The standard InChI is InChI=1S/C27H24N2O6S2/c1-11-2-4-12(5-3-11)15-6-7-16(35-15)21-18-13-10-14(22(18)36-24-23(21)37-27(34)28-24)20-19(13)25(32)29(26(20)33)9-8-17(30)31/h2-7,13-14,18-22H,8-10H2,1H3,(H,28,34)(H,30,31). The van der Waals surface area contributed by atoms with Gasteiger partial charge in [0.1, 0.15) is 11.5 Å². The first-order valence-electron chi connectivity index (χ1n) is 12.5. The molecule has 8 nitrogen and oxygen atoms in total. The molecule has 2 aromatic heterocycles. The van der Waals surface area contributed by atoms with Crippen molar-refractivity contribution in [3.63, 3.8) is 0 Å². The Morgan fingerprint density at radius 1 is 1.08 bits per heavy atom. The number of aromatic amines is 1. The van der Waals surface area contributed by atoms with Crippen molar-refractivity contribution >= 4 is 40.9 Å². The van der Waals surface area contributed by atoms with E-state index in [4.69, 9.17) is 9.52 Å². The van der Waals surface area contributed by atoms with E-state index in [0.29, 0.717) is 0 Å². The Balaban J connectivity index is 1.28. The highest BCUT2D eigenvalue weighted by molar-refractivity contribution is 8.00. The van der Waals surface area contributed by atoms with Crippen LogP contribution in [0.15, 0.2) is 50.6 Å². The van der Waals surface area contributed by atoms with Crippen LogP contribution >= 0.6 is 23.1 Å². The van der Waals surface area contributed by atoms with Gasteiger partial charge in [0.25, 0.3) is 0 Å². The zero-order valence-electron chi connectivity index (χ0n) is 19.9. The summed E-state index contributed by atoms with van der Waals surface area (Å²) in [7, 11) is 0. The number of carbonyl (C=O) groups is 3. The van der Waals surface area contributed by atoms with E-state index in [1.165, 1.54) is 16.2 Å². The molecule has 190 valence electrons. The number of furan rings is 1. The van der Waals surface area contributed by atoms with Crippen LogP contribution in [0.3, 0.4) is 0 Å². The predicted octanol–water partition coefficient (Wildman–Crippen LogP) is 3.95. The molecule has 1 aromatic carbocycles. The van der Waals surface area contributed by atoms with Crippen molar-refractivity contribution in [1.82, 2.24) is 9.88 Å². The molecule has 2 bridgehead atoms. The van der Waals surface area contributed by atoms with Crippen LogP contribution in [0, 0.1) is 36.5 Å². The summed E-state index contributed by atoms with van der Waals surface area (Å²) in [4.78, 5) is 55.2. The molecule has 4 aliphatic rings. The number of amides is 2. The summed E-state index contributed by atoms with van der Waals surface area (Å²) in [6.45, 7) is 1.96. The molecule has 2 amide bonds. The Morgan fingerprint density at radius 3 is 2.54 bits per heavy atom. The number of likely N-dealkylation sites (tertiary alicyclic amines) is 1. The van der Waals surface area contributed by atoms with Gasteiger partial charge in [-0.2, -0.15) is 0 Å². The number of aromatic nitrogens is 1. The number of aliphatic carboxylic acids is 1. The number of carboxylic acids is 1. The highest BCUT2D eigenvalue weighted by Crippen LogP contribution is 2.68. The largest absolute Gasteiger partial charge is 0.481 e. The third-order valence-corrected chi connectivity index (χ3v) is 11.2. The lowest BCUT2D eigenvalue weighted by Gasteiger charge is -2.42. The van der Waals surface area contributed by atoms with E-state index >= 15 is 0 Å². The van der Waals surface area contributed by atoms with Crippen LogP contribution in [-0.2, 0) is 14.4 Å². The van der Waals surface area contributed by atoms with Gasteiger partial charge in [0, 0.05) is 17.4 Å². The second kappa shape index (κ2) is 8.19. The number of nitrogens with one attached hydrogen (secondary N) is 1. The minimum atomic E-state index is -1.03. The van der Waals surface area contributed by atoms with E-state index in [9.17, 15) is 19.2 Å². The number of aryl methyl sites for hydroxylation is 1. The number of hydrogen-bond acceptors (Lipinski definition) is 7. The van der Waals surface area contributed by atoms with Gasteiger partial charge in [0.05, 0.1) is 34.1 Å². The van der Waals surface area contributed by atoms with Crippen molar-refractivity contribution in [2.45, 2.75) is 36.0 Å². The van der Waals surface area contributed by atoms with Crippen LogP contribution < -0.4 is 4.87 Å². The highest BCUT2D eigenvalue weighted by atomic mass is 32.2. The fourth-order valence-electron chi connectivity index (χ4n) is 7.22.